The van der Waals surface area contributed by atoms with Gasteiger partial charge in [0, 0.05) is 23.8 Å². The van der Waals surface area contributed by atoms with Crippen LogP contribution in [0, 0.1) is 0 Å². The summed E-state index contributed by atoms with van der Waals surface area (Å²) in [5.41, 5.74) is 1.72. The largest absolute Gasteiger partial charge is 0.394 e. The second-order valence-corrected chi connectivity index (χ2v) is 4.91. The van der Waals surface area contributed by atoms with Gasteiger partial charge in [-0.2, -0.15) is 0 Å². The van der Waals surface area contributed by atoms with E-state index in [0.717, 1.165) is 17.8 Å². The van der Waals surface area contributed by atoms with Crippen LogP contribution in [0.5, 0.6) is 0 Å². The molecule has 2 N–H and O–H groups in total. The summed E-state index contributed by atoms with van der Waals surface area (Å²) in [7, 11) is 0. The van der Waals surface area contributed by atoms with Gasteiger partial charge in [-0.15, -0.1) is 0 Å². The first-order chi connectivity index (χ1) is 8.61. The van der Waals surface area contributed by atoms with Crippen molar-refractivity contribution in [1.82, 2.24) is 0 Å². The molecule has 1 aliphatic heterocycles. The minimum Gasteiger partial charge on any atom is -0.394 e. The summed E-state index contributed by atoms with van der Waals surface area (Å²) in [5.74, 6) is 0. The van der Waals surface area contributed by atoms with Crippen molar-refractivity contribution in [2.75, 3.05) is 31.2 Å². The van der Waals surface area contributed by atoms with Crippen molar-refractivity contribution in [3.05, 3.63) is 28.8 Å². The maximum atomic E-state index is 9.53. The summed E-state index contributed by atoms with van der Waals surface area (Å²) >= 11 is 6.15. The highest BCUT2D eigenvalue weighted by Gasteiger charge is 2.20. The Morgan fingerprint density at radius 1 is 1.56 bits per heavy atom. The fourth-order valence-electron chi connectivity index (χ4n) is 2.12. The van der Waals surface area contributed by atoms with Crippen molar-refractivity contribution >= 4 is 17.3 Å². The summed E-state index contributed by atoms with van der Waals surface area (Å²) in [6.07, 6.45) is -0.713. The maximum Gasteiger partial charge on any atom is 0.0980 e. The SMILES string of the molecule is CC(O)c1ccc(N2CCOC(CO)C2)cc1Cl. The maximum absolute atomic E-state index is 9.53. The Bertz CT molecular complexity index is 411. The number of anilines is 1. The Labute approximate surface area is 112 Å². The van der Waals surface area contributed by atoms with Gasteiger partial charge in [-0.05, 0) is 24.6 Å². The first kappa shape index (κ1) is 13.6. The van der Waals surface area contributed by atoms with Crippen molar-refractivity contribution in [3.63, 3.8) is 0 Å². The molecule has 18 heavy (non-hydrogen) atoms. The third-order valence-electron chi connectivity index (χ3n) is 3.14. The number of morpholine rings is 1. The molecule has 1 heterocycles. The lowest BCUT2D eigenvalue weighted by Gasteiger charge is -2.34. The number of ether oxygens (including phenoxy) is 1. The van der Waals surface area contributed by atoms with E-state index in [1.54, 1.807) is 6.92 Å². The highest BCUT2D eigenvalue weighted by atomic mass is 35.5. The fourth-order valence-corrected chi connectivity index (χ4v) is 2.45. The number of aliphatic hydroxyl groups is 2. The molecule has 4 nitrogen and oxygen atoms in total. The van der Waals surface area contributed by atoms with E-state index >= 15 is 0 Å². The van der Waals surface area contributed by atoms with Crippen LogP contribution in [0.25, 0.3) is 0 Å². The first-order valence-corrected chi connectivity index (χ1v) is 6.44. The molecule has 1 aromatic carbocycles. The molecule has 100 valence electrons. The predicted molar refractivity (Wildman–Crippen MR) is 71.1 cm³/mol. The molecule has 0 aliphatic carbocycles. The average Bonchev–Trinajstić information content (AvgIpc) is 2.38. The summed E-state index contributed by atoms with van der Waals surface area (Å²) in [4.78, 5) is 2.13. The fraction of sp³-hybridized carbons (Fsp3) is 0.538. The van der Waals surface area contributed by atoms with E-state index in [9.17, 15) is 5.11 Å². The highest BCUT2D eigenvalue weighted by Crippen LogP contribution is 2.28. The van der Waals surface area contributed by atoms with Crippen molar-refractivity contribution in [2.45, 2.75) is 19.1 Å². The van der Waals surface area contributed by atoms with E-state index in [1.807, 2.05) is 18.2 Å². The van der Waals surface area contributed by atoms with E-state index in [0.29, 0.717) is 18.2 Å². The monoisotopic (exact) mass is 271 g/mol. The molecule has 0 aromatic heterocycles. The molecule has 1 saturated heterocycles. The van der Waals surface area contributed by atoms with Crippen LogP contribution in [0.1, 0.15) is 18.6 Å². The Morgan fingerprint density at radius 2 is 2.33 bits per heavy atom. The number of hydrogen-bond acceptors (Lipinski definition) is 4. The van der Waals surface area contributed by atoms with Crippen molar-refractivity contribution in [1.29, 1.82) is 0 Å². The molecule has 2 unspecified atom stereocenters. The number of rotatable bonds is 3. The third-order valence-corrected chi connectivity index (χ3v) is 3.47. The molecule has 1 fully saturated rings. The van der Waals surface area contributed by atoms with Gasteiger partial charge in [0.15, 0.2) is 0 Å². The zero-order valence-corrected chi connectivity index (χ0v) is 11.1. The Balaban J connectivity index is 2.16. The molecule has 2 rings (SSSR count). The lowest BCUT2D eigenvalue weighted by atomic mass is 10.1. The smallest absolute Gasteiger partial charge is 0.0980 e. The molecule has 1 aromatic rings. The lowest BCUT2D eigenvalue weighted by molar-refractivity contribution is 0.00356. The van der Waals surface area contributed by atoms with Gasteiger partial charge in [0.05, 0.1) is 25.4 Å². The Kier molecular flexibility index (Phi) is 4.45. The molecule has 2 atom stereocenters. The molecule has 0 amide bonds. The topological polar surface area (TPSA) is 52.9 Å². The number of hydrogen-bond donors (Lipinski definition) is 2. The van der Waals surface area contributed by atoms with E-state index in [-0.39, 0.29) is 12.7 Å². The standard InChI is InChI=1S/C13H18ClNO3/c1-9(17)12-3-2-10(6-13(12)14)15-4-5-18-11(7-15)8-16/h2-3,6,9,11,16-17H,4-5,7-8H2,1H3. The van der Waals surface area contributed by atoms with Gasteiger partial charge in [-0.1, -0.05) is 17.7 Å². The molecular formula is C13H18ClNO3. The minimum absolute atomic E-state index is 0.0238. The summed E-state index contributed by atoms with van der Waals surface area (Å²) < 4.78 is 5.41. The quantitative estimate of drug-likeness (QED) is 0.877. The lowest BCUT2D eigenvalue weighted by Crippen LogP contribution is -2.44. The van der Waals surface area contributed by atoms with Gasteiger partial charge in [-0.25, -0.2) is 0 Å². The van der Waals surface area contributed by atoms with Crippen molar-refractivity contribution in [3.8, 4) is 0 Å². The van der Waals surface area contributed by atoms with Crippen LogP contribution >= 0.6 is 11.6 Å². The van der Waals surface area contributed by atoms with Gasteiger partial charge in [0.1, 0.15) is 0 Å². The average molecular weight is 272 g/mol. The van der Waals surface area contributed by atoms with Crippen LogP contribution in [-0.2, 0) is 4.74 Å². The predicted octanol–water partition coefficient (Wildman–Crippen LogP) is 1.59. The number of nitrogens with zero attached hydrogens (tertiary/aromatic N) is 1. The van der Waals surface area contributed by atoms with Crippen molar-refractivity contribution in [2.24, 2.45) is 0 Å². The minimum atomic E-state index is -0.568. The first-order valence-electron chi connectivity index (χ1n) is 6.06. The van der Waals surface area contributed by atoms with Crippen LogP contribution in [0.4, 0.5) is 5.69 Å². The van der Waals surface area contributed by atoms with Crippen LogP contribution in [-0.4, -0.2) is 42.6 Å². The van der Waals surface area contributed by atoms with E-state index in [1.165, 1.54) is 0 Å². The third kappa shape index (κ3) is 2.95. The zero-order chi connectivity index (χ0) is 13.1. The van der Waals surface area contributed by atoms with Gasteiger partial charge in [0.2, 0.25) is 0 Å². The molecular weight excluding hydrogens is 254 g/mol. The Hall–Kier alpha value is -0.810. The molecule has 0 bridgehead atoms. The number of benzene rings is 1. The van der Waals surface area contributed by atoms with Crippen molar-refractivity contribution < 1.29 is 14.9 Å². The zero-order valence-electron chi connectivity index (χ0n) is 10.3. The van der Waals surface area contributed by atoms with Crippen LogP contribution in [0.15, 0.2) is 18.2 Å². The van der Waals surface area contributed by atoms with Crippen LogP contribution in [0.2, 0.25) is 5.02 Å². The second kappa shape index (κ2) is 5.89. The molecule has 0 radical (unpaired) electrons. The normalized spacial score (nSPS) is 22.0. The molecule has 5 heteroatoms. The van der Waals surface area contributed by atoms with Crippen LogP contribution < -0.4 is 4.90 Å². The van der Waals surface area contributed by atoms with E-state index in [2.05, 4.69) is 4.90 Å². The molecule has 0 saturated carbocycles. The number of halogens is 1. The summed E-state index contributed by atoms with van der Waals surface area (Å²) in [6.45, 7) is 3.75. The van der Waals surface area contributed by atoms with Gasteiger partial charge >= 0.3 is 0 Å². The number of aliphatic hydroxyl groups excluding tert-OH is 2. The van der Waals surface area contributed by atoms with Gasteiger partial charge < -0.3 is 19.8 Å². The summed E-state index contributed by atoms with van der Waals surface area (Å²) in [6, 6.07) is 5.63. The highest BCUT2D eigenvalue weighted by molar-refractivity contribution is 6.31. The van der Waals surface area contributed by atoms with Crippen LogP contribution in [0.3, 0.4) is 0 Å². The van der Waals surface area contributed by atoms with Gasteiger partial charge in [0.25, 0.3) is 0 Å². The Morgan fingerprint density at radius 3 is 2.94 bits per heavy atom. The van der Waals surface area contributed by atoms with E-state index < -0.39 is 6.10 Å². The second-order valence-electron chi connectivity index (χ2n) is 4.50. The summed E-state index contributed by atoms with van der Waals surface area (Å²) in [5, 5.41) is 19.2. The molecule has 0 spiro atoms. The van der Waals surface area contributed by atoms with Gasteiger partial charge in [-0.3, -0.25) is 0 Å². The van der Waals surface area contributed by atoms with E-state index in [4.69, 9.17) is 21.4 Å². The molecule has 1 aliphatic rings.